The van der Waals surface area contributed by atoms with Gasteiger partial charge in [0.15, 0.2) is 0 Å². The molecule has 1 aromatic heterocycles. The van der Waals surface area contributed by atoms with Crippen molar-refractivity contribution in [3.05, 3.63) is 57.2 Å². The molecule has 0 fully saturated rings. The van der Waals surface area contributed by atoms with Gasteiger partial charge in [-0.25, -0.2) is 4.39 Å². The highest BCUT2D eigenvalue weighted by molar-refractivity contribution is 9.10. The first kappa shape index (κ1) is 12.3. The Hall–Kier alpha value is -1.13. The Kier molecular flexibility index (Phi) is 3.35. The molecule has 2 aromatic rings. The van der Waals surface area contributed by atoms with Gasteiger partial charge in [0.2, 0.25) is 0 Å². The van der Waals surface area contributed by atoms with E-state index in [1.54, 1.807) is 18.2 Å². The molecule has 4 heteroatoms. The van der Waals surface area contributed by atoms with E-state index in [9.17, 15) is 4.39 Å². The van der Waals surface area contributed by atoms with E-state index >= 15 is 0 Å². The maximum absolute atomic E-state index is 13.9. The van der Waals surface area contributed by atoms with Crippen molar-refractivity contribution in [3.63, 3.8) is 0 Å². The summed E-state index contributed by atoms with van der Waals surface area (Å²) in [6.07, 6.45) is 0. The van der Waals surface area contributed by atoms with Crippen LogP contribution in [0.25, 0.3) is 0 Å². The summed E-state index contributed by atoms with van der Waals surface area (Å²) >= 11 is 3.15. The first-order valence-corrected chi connectivity index (χ1v) is 6.06. The molecule has 1 aromatic carbocycles. The van der Waals surface area contributed by atoms with Crippen LogP contribution in [0.2, 0.25) is 0 Å². The van der Waals surface area contributed by atoms with Crippen molar-refractivity contribution in [1.29, 1.82) is 0 Å². The van der Waals surface area contributed by atoms with Crippen LogP contribution in [0.15, 0.2) is 33.2 Å². The number of furan rings is 1. The average molecular weight is 298 g/mol. The summed E-state index contributed by atoms with van der Waals surface area (Å²) in [5.41, 5.74) is 7.46. The first-order chi connectivity index (χ1) is 8.00. The zero-order chi connectivity index (χ0) is 12.6. The summed E-state index contributed by atoms with van der Waals surface area (Å²) in [6.45, 7) is 3.80. The van der Waals surface area contributed by atoms with E-state index in [1.807, 2.05) is 19.9 Å². The molecule has 2 rings (SSSR count). The predicted molar refractivity (Wildman–Crippen MR) is 68.3 cm³/mol. The van der Waals surface area contributed by atoms with E-state index in [2.05, 4.69) is 15.9 Å². The Morgan fingerprint density at radius 3 is 2.65 bits per heavy atom. The van der Waals surface area contributed by atoms with Gasteiger partial charge in [-0.15, -0.1) is 0 Å². The minimum absolute atomic E-state index is 0.341. The molecule has 0 saturated carbocycles. The summed E-state index contributed by atoms with van der Waals surface area (Å²) in [5, 5.41) is 0. The molecular weight excluding hydrogens is 285 g/mol. The van der Waals surface area contributed by atoms with Gasteiger partial charge in [0.05, 0.1) is 10.5 Å². The monoisotopic (exact) mass is 297 g/mol. The number of hydrogen-bond acceptors (Lipinski definition) is 2. The molecule has 0 aliphatic carbocycles. The molecule has 1 heterocycles. The van der Waals surface area contributed by atoms with Crippen LogP contribution in [0.5, 0.6) is 0 Å². The quantitative estimate of drug-likeness (QED) is 0.914. The highest BCUT2D eigenvalue weighted by Crippen LogP contribution is 2.28. The molecular formula is C13H13BrFNO. The fourth-order valence-corrected chi connectivity index (χ4v) is 2.05. The number of hydrogen-bond donors (Lipinski definition) is 1. The van der Waals surface area contributed by atoms with Gasteiger partial charge < -0.3 is 10.2 Å². The highest BCUT2D eigenvalue weighted by Gasteiger charge is 2.19. The van der Waals surface area contributed by atoms with Gasteiger partial charge in [0, 0.05) is 5.56 Å². The van der Waals surface area contributed by atoms with Gasteiger partial charge in [0.25, 0.3) is 0 Å². The van der Waals surface area contributed by atoms with Crippen molar-refractivity contribution >= 4 is 15.9 Å². The lowest BCUT2D eigenvalue weighted by atomic mass is 10.0. The highest BCUT2D eigenvalue weighted by atomic mass is 79.9. The Morgan fingerprint density at radius 2 is 2.06 bits per heavy atom. The van der Waals surface area contributed by atoms with Crippen LogP contribution in [0.4, 0.5) is 4.39 Å². The largest absolute Gasteiger partial charge is 0.464 e. The lowest BCUT2D eigenvalue weighted by Crippen LogP contribution is -2.13. The first-order valence-electron chi connectivity index (χ1n) is 5.27. The van der Waals surface area contributed by atoms with Crippen LogP contribution in [-0.2, 0) is 0 Å². The van der Waals surface area contributed by atoms with Gasteiger partial charge in [-0.2, -0.15) is 0 Å². The fraction of sp³-hybridized carbons (Fsp3) is 0.231. The molecule has 0 amide bonds. The predicted octanol–water partition coefficient (Wildman–Crippen LogP) is 3.85. The van der Waals surface area contributed by atoms with Crippen molar-refractivity contribution in [3.8, 4) is 0 Å². The van der Waals surface area contributed by atoms with Crippen LogP contribution in [0.3, 0.4) is 0 Å². The Labute approximate surface area is 108 Å². The third kappa shape index (κ3) is 2.28. The van der Waals surface area contributed by atoms with Crippen molar-refractivity contribution < 1.29 is 8.81 Å². The minimum atomic E-state index is -0.583. The van der Waals surface area contributed by atoms with Crippen molar-refractivity contribution in [2.45, 2.75) is 19.9 Å². The smallest absolute Gasteiger partial charge is 0.142 e. The van der Waals surface area contributed by atoms with Crippen molar-refractivity contribution in [2.24, 2.45) is 5.73 Å². The zero-order valence-corrected chi connectivity index (χ0v) is 11.2. The van der Waals surface area contributed by atoms with Crippen LogP contribution in [0, 0.1) is 19.7 Å². The molecule has 17 heavy (non-hydrogen) atoms. The van der Waals surface area contributed by atoms with Gasteiger partial charge in [-0.05, 0) is 47.5 Å². The second-order valence-electron chi connectivity index (χ2n) is 4.01. The van der Waals surface area contributed by atoms with Gasteiger partial charge in [-0.3, -0.25) is 0 Å². The summed E-state index contributed by atoms with van der Waals surface area (Å²) in [6, 6.07) is 6.33. The molecule has 90 valence electrons. The molecule has 1 unspecified atom stereocenters. The fourth-order valence-electron chi connectivity index (χ4n) is 1.67. The van der Waals surface area contributed by atoms with Crippen LogP contribution in [0.1, 0.15) is 28.7 Å². The number of rotatable bonds is 2. The van der Waals surface area contributed by atoms with Crippen molar-refractivity contribution in [2.75, 3.05) is 0 Å². The van der Waals surface area contributed by atoms with E-state index in [0.717, 1.165) is 11.3 Å². The number of benzene rings is 1. The standard InChI is InChI=1S/C13H13BrFNO/c1-7-6-11(17-8(7)2)13(16)9-4-3-5-10(14)12(9)15/h3-6,13H,16H2,1-2H3. The zero-order valence-electron chi connectivity index (χ0n) is 9.63. The summed E-state index contributed by atoms with van der Waals surface area (Å²) < 4.78 is 19.8. The minimum Gasteiger partial charge on any atom is -0.464 e. The molecule has 0 radical (unpaired) electrons. The van der Waals surface area contributed by atoms with Gasteiger partial charge in [-0.1, -0.05) is 12.1 Å². The van der Waals surface area contributed by atoms with Crippen LogP contribution < -0.4 is 5.73 Å². The van der Waals surface area contributed by atoms with E-state index in [0.29, 0.717) is 15.8 Å². The van der Waals surface area contributed by atoms with Gasteiger partial charge >= 0.3 is 0 Å². The lowest BCUT2D eigenvalue weighted by Gasteiger charge is -2.11. The maximum Gasteiger partial charge on any atom is 0.142 e. The Bertz CT molecular complexity index is 531. The third-order valence-corrected chi connectivity index (χ3v) is 3.42. The molecule has 0 aliphatic rings. The number of halogens is 2. The summed E-state index contributed by atoms with van der Waals surface area (Å²) in [5.74, 6) is 1.05. The molecule has 1 atom stereocenters. The van der Waals surface area contributed by atoms with E-state index in [-0.39, 0.29) is 5.82 Å². The number of nitrogens with two attached hydrogens (primary N) is 1. The van der Waals surface area contributed by atoms with Gasteiger partial charge in [0.1, 0.15) is 17.3 Å². The third-order valence-electron chi connectivity index (χ3n) is 2.81. The van der Waals surface area contributed by atoms with Crippen LogP contribution >= 0.6 is 15.9 Å². The maximum atomic E-state index is 13.9. The number of aryl methyl sites for hydroxylation is 2. The SMILES string of the molecule is Cc1cc(C(N)c2cccc(Br)c2F)oc1C. The molecule has 2 nitrogen and oxygen atoms in total. The van der Waals surface area contributed by atoms with E-state index in [4.69, 9.17) is 10.2 Å². The molecule has 0 spiro atoms. The second-order valence-corrected chi connectivity index (χ2v) is 4.86. The lowest BCUT2D eigenvalue weighted by molar-refractivity contribution is 0.458. The van der Waals surface area contributed by atoms with E-state index < -0.39 is 6.04 Å². The topological polar surface area (TPSA) is 39.2 Å². The van der Waals surface area contributed by atoms with Crippen LogP contribution in [-0.4, -0.2) is 0 Å². The summed E-state index contributed by atoms with van der Waals surface area (Å²) in [7, 11) is 0. The summed E-state index contributed by atoms with van der Waals surface area (Å²) in [4.78, 5) is 0. The Balaban J connectivity index is 2.43. The second kappa shape index (κ2) is 4.63. The molecule has 0 bridgehead atoms. The normalized spacial score (nSPS) is 12.8. The molecule has 2 N–H and O–H groups in total. The molecule has 0 aliphatic heterocycles. The van der Waals surface area contributed by atoms with E-state index in [1.165, 1.54) is 0 Å². The average Bonchev–Trinajstić information content (AvgIpc) is 2.62. The Morgan fingerprint density at radius 1 is 1.35 bits per heavy atom. The molecule has 0 saturated heterocycles. The van der Waals surface area contributed by atoms with Crippen molar-refractivity contribution in [1.82, 2.24) is 0 Å².